The summed E-state index contributed by atoms with van der Waals surface area (Å²) in [5.74, 6) is -1.49. The second-order valence-electron chi connectivity index (χ2n) is 8.93. The fourth-order valence-electron chi connectivity index (χ4n) is 4.91. The van der Waals surface area contributed by atoms with E-state index in [-0.39, 0.29) is 11.3 Å². The first-order valence-corrected chi connectivity index (χ1v) is 12.4. The van der Waals surface area contributed by atoms with Crippen LogP contribution >= 0.6 is 15.9 Å². The molecular weight excluding hydrogens is 512 g/mol. The minimum absolute atomic E-state index is 0.0886. The number of aliphatic hydroxyl groups excluding tert-OH is 1. The SMILES string of the molecule is Cc1nc2c(C)cccn2c1/C(O)=C1\C(=O)C(=O)N(CCN2CCOCC2)[C@H]1c1ccc(Br)cc1. The molecule has 0 bridgehead atoms. The quantitative estimate of drug-likeness (QED) is 0.304. The molecule has 1 N–H and O–H groups in total. The number of hydrogen-bond donors (Lipinski definition) is 1. The number of halogens is 1. The van der Waals surface area contributed by atoms with Crippen molar-refractivity contribution in [2.75, 3.05) is 39.4 Å². The van der Waals surface area contributed by atoms with Crippen LogP contribution in [0.5, 0.6) is 0 Å². The molecule has 2 aliphatic rings. The van der Waals surface area contributed by atoms with Gasteiger partial charge in [-0.25, -0.2) is 4.98 Å². The van der Waals surface area contributed by atoms with E-state index < -0.39 is 17.7 Å². The summed E-state index contributed by atoms with van der Waals surface area (Å²) in [6.45, 7) is 7.61. The smallest absolute Gasteiger partial charge is 0.295 e. The van der Waals surface area contributed by atoms with Gasteiger partial charge in [0.2, 0.25) is 0 Å². The van der Waals surface area contributed by atoms with Crippen molar-refractivity contribution in [1.82, 2.24) is 19.2 Å². The van der Waals surface area contributed by atoms with Crippen LogP contribution in [0.1, 0.15) is 28.6 Å². The summed E-state index contributed by atoms with van der Waals surface area (Å²) in [7, 11) is 0. The summed E-state index contributed by atoms with van der Waals surface area (Å²) < 4.78 is 8.09. The van der Waals surface area contributed by atoms with Crippen LogP contribution in [0.3, 0.4) is 0 Å². The Kier molecular flexibility index (Phi) is 6.48. The predicted octanol–water partition coefficient (Wildman–Crippen LogP) is 3.47. The van der Waals surface area contributed by atoms with Gasteiger partial charge in [-0.15, -0.1) is 0 Å². The molecule has 0 radical (unpaired) electrons. The van der Waals surface area contributed by atoms with Gasteiger partial charge in [-0.2, -0.15) is 0 Å². The van der Waals surface area contributed by atoms with E-state index in [1.165, 1.54) is 0 Å². The van der Waals surface area contributed by atoms with Gasteiger partial charge in [0, 0.05) is 36.8 Å². The number of carbonyl (C=O) groups is 2. The Labute approximate surface area is 211 Å². The number of nitrogens with zero attached hydrogens (tertiary/aromatic N) is 4. The number of aryl methyl sites for hydroxylation is 2. The van der Waals surface area contributed by atoms with Crippen molar-refractivity contribution in [3.8, 4) is 0 Å². The Bertz CT molecular complexity index is 1330. The van der Waals surface area contributed by atoms with Gasteiger partial charge in [0.15, 0.2) is 5.76 Å². The minimum Gasteiger partial charge on any atom is -0.505 e. The number of amides is 1. The van der Waals surface area contributed by atoms with Gasteiger partial charge in [-0.3, -0.25) is 18.9 Å². The fraction of sp³-hybridized carbons (Fsp3) is 0.346. The van der Waals surface area contributed by atoms with Crippen LogP contribution in [0.25, 0.3) is 11.4 Å². The van der Waals surface area contributed by atoms with Crippen molar-refractivity contribution in [2.24, 2.45) is 0 Å². The van der Waals surface area contributed by atoms with Crippen LogP contribution in [0.15, 0.2) is 52.6 Å². The van der Waals surface area contributed by atoms with Gasteiger partial charge in [0.1, 0.15) is 11.3 Å². The van der Waals surface area contributed by atoms with Crippen molar-refractivity contribution in [3.63, 3.8) is 0 Å². The topological polar surface area (TPSA) is 87.4 Å². The van der Waals surface area contributed by atoms with Crippen molar-refractivity contribution in [2.45, 2.75) is 19.9 Å². The maximum Gasteiger partial charge on any atom is 0.295 e. The van der Waals surface area contributed by atoms with Crippen molar-refractivity contribution in [3.05, 3.63) is 75.2 Å². The van der Waals surface area contributed by atoms with Crippen molar-refractivity contribution in [1.29, 1.82) is 0 Å². The predicted molar refractivity (Wildman–Crippen MR) is 135 cm³/mol. The summed E-state index contributed by atoms with van der Waals surface area (Å²) >= 11 is 3.46. The zero-order valence-corrected chi connectivity index (χ0v) is 21.3. The summed E-state index contributed by atoms with van der Waals surface area (Å²) in [5.41, 5.74) is 3.52. The Morgan fingerprint density at radius 2 is 1.83 bits per heavy atom. The molecule has 9 heteroatoms. The van der Waals surface area contributed by atoms with Crippen LogP contribution in [0.4, 0.5) is 0 Å². The average molecular weight is 539 g/mol. The number of likely N-dealkylation sites (tertiary alicyclic amines) is 1. The lowest BCUT2D eigenvalue weighted by Crippen LogP contribution is -2.42. The van der Waals surface area contributed by atoms with Crippen LogP contribution in [0, 0.1) is 13.8 Å². The third-order valence-corrected chi connectivity index (χ3v) is 7.26. The maximum atomic E-state index is 13.4. The van der Waals surface area contributed by atoms with Gasteiger partial charge in [-0.1, -0.05) is 34.1 Å². The highest BCUT2D eigenvalue weighted by atomic mass is 79.9. The first-order chi connectivity index (χ1) is 16.9. The number of imidazole rings is 1. The lowest BCUT2D eigenvalue weighted by Gasteiger charge is -2.31. The Balaban J connectivity index is 1.62. The molecule has 35 heavy (non-hydrogen) atoms. The monoisotopic (exact) mass is 538 g/mol. The number of ether oxygens (including phenoxy) is 1. The molecule has 2 fully saturated rings. The lowest BCUT2D eigenvalue weighted by atomic mass is 9.96. The van der Waals surface area contributed by atoms with E-state index in [9.17, 15) is 14.7 Å². The molecule has 4 heterocycles. The number of pyridine rings is 1. The van der Waals surface area contributed by atoms with Crippen molar-refractivity contribution < 1.29 is 19.4 Å². The molecule has 1 amide bonds. The standard InChI is InChI=1S/C26H27BrN4O4/c1-16-4-3-9-30-21(17(2)28-25(16)30)23(32)20-22(18-5-7-19(27)8-6-18)31(26(34)24(20)33)11-10-29-12-14-35-15-13-29/h3-9,22,32H,10-15H2,1-2H3/b23-20+/t22-/m0/s1. The number of ketones is 1. The molecule has 8 nitrogen and oxygen atoms in total. The van der Waals surface area contributed by atoms with Gasteiger partial charge in [0.25, 0.3) is 11.7 Å². The van der Waals surface area contributed by atoms with E-state index >= 15 is 0 Å². The highest BCUT2D eigenvalue weighted by molar-refractivity contribution is 9.10. The normalized spacial score (nSPS) is 20.8. The number of aliphatic hydroxyl groups is 1. The minimum atomic E-state index is -0.695. The van der Waals surface area contributed by atoms with E-state index in [1.807, 2.05) is 43.3 Å². The van der Waals surface area contributed by atoms with Crippen LogP contribution in [-0.4, -0.2) is 75.4 Å². The maximum absolute atomic E-state index is 13.4. The first-order valence-electron chi connectivity index (χ1n) is 11.7. The highest BCUT2D eigenvalue weighted by Crippen LogP contribution is 2.40. The summed E-state index contributed by atoms with van der Waals surface area (Å²) in [6.07, 6.45) is 1.81. The molecule has 3 aromatic rings. The van der Waals surface area contributed by atoms with E-state index in [2.05, 4.69) is 25.8 Å². The third-order valence-electron chi connectivity index (χ3n) is 6.73. The second-order valence-corrected chi connectivity index (χ2v) is 9.84. The van der Waals surface area contributed by atoms with E-state index in [1.54, 1.807) is 22.4 Å². The van der Waals surface area contributed by atoms with Gasteiger partial charge >= 0.3 is 0 Å². The molecule has 2 saturated heterocycles. The van der Waals surface area contributed by atoms with Gasteiger partial charge < -0.3 is 14.7 Å². The molecule has 1 atom stereocenters. The molecule has 0 saturated carbocycles. The number of carbonyl (C=O) groups excluding carboxylic acids is 2. The highest BCUT2D eigenvalue weighted by Gasteiger charge is 2.46. The van der Waals surface area contributed by atoms with Crippen LogP contribution < -0.4 is 0 Å². The number of Topliss-reactive ketones (excluding diaryl/α,β-unsaturated/α-hetero) is 1. The Hall–Kier alpha value is -3.01. The molecule has 0 aliphatic carbocycles. The fourth-order valence-corrected chi connectivity index (χ4v) is 5.17. The lowest BCUT2D eigenvalue weighted by molar-refractivity contribution is -0.140. The molecule has 2 aromatic heterocycles. The second kappa shape index (κ2) is 9.56. The summed E-state index contributed by atoms with van der Waals surface area (Å²) in [5, 5.41) is 11.6. The first kappa shape index (κ1) is 23.7. The molecule has 0 unspecified atom stereocenters. The molecule has 0 spiro atoms. The number of benzene rings is 1. The molecular formula is C26H27BrN4O4. The Morgan fingerprint density at radius 1 is 1.11 bits per heavy atom. The van der Waals surface area contributed by atoms with Crippen LogP contribution in [-0.2, 0) is 14.3 Å². The number of aromatic nitrogens is 2. The van der Waals surface area contributed by atoms with E-state index in [0.717, 1.165) is 28.7 Å². The van der Waals surface area contributed by atoms with Crippen LogP contribution in [0.2, 0.25) is 0 Å². The molecule has 5 rings (SSSR count). The average Bonchev–Trinajstić information content (AvgIpc) is 3.33. The summed E-state index contributed by atoms with van der Waals surface area (Å²) in [4.78, 5) is 35.1. The Morgan fingerprint density at radius 3 is 2.54 bits per heavy atom. The number of rotatable bonds is 5. The van der Waals surface area contributed by atoms with E-state index in [4.69, 9.17) is 4.74 Å². The van der Waals surface area contributed by atoms with Gasteiger partial charge in [0.05, 0.1) is 30.5 Å². The molecule has 2 aliphatic heterocycles. The van der Waals surface area contributed by atoms with Gasteiger partial charge in [-0.05, 0) is 43.2 Å². The van der Waals surface area contributed by atoms with E-state index in [0.29, 0.717) is 43.3 Å². The third kappa shape index (κ3) is 4.28. The summed E-state index contributed by atoms with van der Waals surface area (Å²) in [6, 6.07) is 10.6. The number of hydrogen-bond acceptors (Lipinski definition) is 6. The molecule has 182 valence electrons. The largest absolute Gasteiger partial charge is 0.505 e. The number of morpholine rings is 1. The number of fused-ring (bicyclic) bond motifs is 1. The zero-order chi connectivity index (χ0) is 24.7. The molecule has 1 aromatic carbocycles. The zero-order valence-electron chi connectivity index (χ0n) is 19.7. The van der Waals surface area contributed by atoms with Crippen molar-refractivity contribution >= 4 is 39.0 Å².